The van der Waals surface area contributed by atoms with Crippen LogP contribution >= 0.6 is 0 Å². The first-order valence-electron chi connectivity index (χ1n) is 9.12. The number of carbonyl (C=O) groups is 1. The van der Waals surface area contributed by atoms with E-state index in [1.54, 1.807) is 54.5 Å². The quantitative estimate of drug-likeness (QED) is 0.578. The van der Waals surface area contributed by atoms with Crippen LogP contribution in [0.1, 0.15) is 29.8 Å². The molecule has 0 saturated heterocycles. The van der Waals surface area contributed by atoms with E-state index < -0.39 is 10.1 Å². The number of rotatable bonds is 9. The van der Waals surface area contributed by atoms with Crippen molar-refractivity contribution in [2.75, 3.05) is 27.0 Å². The third kappa shape index (κ3) is 6.67. The normalized spacial score (nSPS) is 11.2. The number of amides is 1. The molecule has 0 aliphatic rings. The van der Waals surface area contributed by atoms with Gasteiger partial charge in [0, 0.05) is 18.7 Å². The zero-order valence-electron chi connectivity index (χ0n) is 17.3. The second-order valence-electron chi connectivity index (χ2n) is 7.08. The number of benzene rings is 2. The smallest absolute Gasteiger partial charge is 0.306 e. The largest absolute Gasteiger partial charge is 0.497 e. The molecule has 2 rings (SSSR count). The van der Waals surface area contributed by atoms with E-state index in [1.807, 2.05) is 13.8 Å². The molecule has 1 amide bonds. The van der Waals surface area contributed by atoms with Crippen LogP contribution in [0.15, 0.2) is 42.5 Å². The molecular weight excluding hydrogens is 394 g/mol. The van der Waals surface area contributed by atoms with E-state index >= 15 is 0 Å². The van der Waals surface area contributed by atoms with Crippen LogP contribution in [0.2, 0.25) is 0 Å². The molecule has 0 aromatic heterocycles. The van der Waals surface area contributed by atoms with Crippen molar-refractivity contribution in [2.24, 2.45) is 5.92 Å². The van der Waals surface area contributed by atoms with E-state index in [0.717, 1.165) is 11.8 Å². The van der Waals surface area contributed by atoms with Gasteiger partial charge in [-0.05, 0) is 47.9 Å². The second-order valence-corrected chi connectivity index (χ2v) is 8.66. The van der Waals surface area contributed by atoms with E-state index in [0.29, 0.717) is 30.2 Å². The van der Waals surface area contributed by atoms with Gasteiger partial charge in [-0.1, -0.05) is 19.9 Å². The Hall–Kier alpha value is -2.74. The summed E-state index contributed by atoms with van der Waals surface area (Å²) in [5.74, 6) is 1.20. The van der Waals surface area contributed by atoms with Gasteiger partial charge >= 0.3 is 10.1 Å². The first kappa shape index (κ1) is 22.5. The van der Waals surface area contributed by atoms with E-state index in [4.69, 9.17) is 13.7 Å². The van der Waals surface area contributed by atoms with Crippen LogP contribution in [-0.2, 0) is 16.7 Å². The number of carbonyl (C=O) groups excluding carboxylic acids is 1. The molecular formula is C21H27NO6S. The topological polar surface area (TPSA) is 82.1 Å². The van der Waals surface area contributed by atoms with Crippen molar-refractivity contribution < 1.29 is 26.9 Å². The van der Waals surface area contributed by atoms with Gasteiger partial charge in [-0.15, -0.1) is 0 Å². The Morgan fingerprint density at radius 3 is 2.17 bits per heavy atom. The number of hydrogen-bond donors (Lipinski definition) is 0. The number of nitrogens with zero attached hydrogens (tertiary/aromatic N) is 1. The summed E-state index contributed by atoms with van der Waals surface area (Å²) in [5, 5.41) is 0. The standard InChI is InChI=1S/C21H27NO6S/c1-15(2)13-22(21(23)17-7-9-18(26-3)10-8-17)14-16-6-11-19(27-4)20(12-16)28-29(5,24)25/h6-12,15H,13-14H2,1-5H3. The fourth-order valence-corrected chi connectivity index (χ4v) is 3.30. The molecule has 0 spiro atoms. The molecule has 0 atom stereocenters. The highest BCUT2D eigenvalue weighted by Crippen LogP contribution is 2.30. The minimum atomic E-state index is -3.71. The fourth-order valence-electron chi connectivity index (χ4n) is 2.84. The van der Waals surface area contributed by atoms with Gasteiger partial charge in [0.15, 0.2) is 11.5 Å². The summed E-state index contributed by atoms with van der Waals surface area (Å²) in [6.45, 7) is 4.90. The third-order valence-electron chi connectivity index (χ3n) is 4.05. The monoisotopic (exact) mass is 421 g/mol. The fraction of sp³-hybridized carbons (Fsp3) is 0.381. The van der Waals surface area contributed by atoms with Crippen molar-refractivity contribution in [2.45, 2.75) is 20.4 Å². The maximum atomic E-state index is 13.1. The van der Waals surface area contributed by atoms with Gasteiger partial charge in [0.2, 0.25) is 0 Å². The Morgan fingerprint density at radius 1 is 1.00 bits per heavy atom. The molecule has 8 heteroatoms. The zero-order chi connectivity index (χ0) is 21.6. The van der Waals surface area contributed by atoms with Gasteiger partial charge in [-0.3, -0.25) is 4.79 Å². The second kappa shape index (κ2) is 9.65. The first-order chi connectivity index (χ1) is 13.6. The van der Waals surface area contributed by atoms with Gasteiger partial charge in [0.25, 0.3) is 5.91 Å². The van der Waals surface area contributed by atoms with Crippen LogP contribution in [0.4, 0.5) is 0 Å². The predicted octanol–water partition coefficient (Wildman–Crippen LogP) is 3.34. The Bertz CT molecular complexity index is 938. The van der Waals surface area contributed by atoms with E-state index in [-0.39, 0.29) is 17.6 Å². The summed E-state index contributed by atoms with van der Waals surface area (Å²) < 4.78 is 38.4. The lowest BCUT2D eigenvalue weighted by Crippen LogP contribution is -2.33. The van der Waals surface area contributed by atoms with Crippen LogP contribution in [0.3, 0.4) is 0 Å². The van der Waals surface area contributed by atoms with Crippen molar-refractivity contribution in [1.82, 2.24) is 4.90 Å². The van der Waals surface area contributed by atoms with Crippen LogP contribution in [0.5, 0.6) is 17.2 Å². The summed E-state index contributed by atoms with van der Waals surface area (Å²) in [4.78, 5) is 14.8. The van der Waals surface area contributed by atoms with Gasteiger partial charge in [0.05, 0.1) is 20.5 Å². The van der Waals surface area contributed by atoms with E-state index in [9.17, 15) is 13.2 Å². The molecule has 0 saturated carbocycles. The van der Waals surface area contributed by atoms with Gasteiger partial charge < -0.3 is 18.6 Å². The summed E-state index contributed by atoms with van der Waals surface area (Å²) in [7, 11) is -0.708. The molecule has 0 bridgehead atoms. The van der Waals surface area contributed by atoms with Crippen LogP contribution in [-0.4, -0.2) is 46.2 Å². The summed E-state index contributed by atoms with van der Waals surface area (Å²) in [6, 6.07) is 11.9. The number of ether oxygens (including phenoxy) is 2. The van der Waals surface area contributed by atoms with Gasteiger partial charge in [-0.2, -0.15) is 8.42 Å². The van der Waals surface area contributed by atoms with Crippen LogP contribution < -0.4 is 13.7 Å². The maximum Gasteiger partial charge on any atom is 0.306 e. The van der Waals surface area contributed by atoms with Crippen molar-refractivity contribution >= 4 is 16.0 Å². The van der Waals surface area contributed by atoms with E-state index in [2.05, 4.69) is 0 Å². The van der Waals surface area contributed by atoms with Crippen molar-refractivity contribution in [3.63, 3.8) is 0 Å². The molecule has 0 unspecified atom stereocenters. The van der Waals surface area contributed by atoms with Crippen molar-refractivity contribution in [3.05, 3.63) is 53.6 Å². The molecule has 158 valence electrons. The Labute approximate surface area is 172 Å². The molecule has 2 aromatic carbocycles. The van der Waals surface area contributed by atoms with Crippen LogP contribution in [0.25, 0.3) is 0 Å². The summed E-state index contributed by atoms with van der Waals surface area (Å²) >= 11 is 0. The zero-order valence-corrected chi connectivity index (χ0v) is 18.2. The van der Waals surface area contributed by atoms with Crippen molar-refractivity contribution in [1.29, 1.82) is 0 Å². The summed E-state index contributed by atoms with van der Waals surface area (Å²) in [6.07, 6.45) is 0.970. The molecule has 0 aliphatic carbocycles. The molecule has 2 aromatic rings. The maximum absolute atomic E-state index is 13.1. The molecule has 0 aliphatic heterocycles. The average Bonchev–Trinajstić information content (AvgIpc) is 2.65. The SMILES string of the molecule is COc1ccc(C(=O)N(Cc2ccc(OC)c(OS(C)(=O)=O)c2)CC(C)C)cc1. The molecule has 7 nitrogen and oxygen atoms in total. The van der Waals surface area contributed by atoms with E-state index in [1.165, 1.54) is 7.11 Å². The lowest BCUT2D eigenvalue weighted by atomic mass is 10.1. The molecule has 29 heavy (non-hydrogen) atoms. The first-order valence-corrected chi connectivity index (χ1v) is 10.9. The minimum Gasteiger partial charge on any atom is -0.497 e. The number of hydrogen-bond acceptors (Lipinski definition) is 6. The van der Waals surface area contributed by atoms with Crippen LogP contribution in [0, 0.1) is 5.92 Å². The Kier molecular flexibility index (Phi) is 7.50. The molecule has 0 radical (unpaired) electrons. The average molecular weight is 422 g/mol. The highest BCUT2D eigenvalue weighted by atomic mass is 32.2. The molecule has 0 heterocycles. The molecule has 0 fully saturated rings. The highest BCUT2D eigenvalue weighted by molar-refractivity contribution is 7.86. The van der Waals surface area contributed by atoms with Crippen molar-refractivity contribution in [3.8, 4) is 17.2 Å². The van der Waals surface area contributed by atoms with Gasteiger partial charge in [-0.25, -0.2) is 0 Å². The minimum absolute atomic E-state index is 0.0916. The number of methoxy groups -OCH3 is 2. The molecule has 0 N–H and O–H groups in total. The lowest BCUT2D eigenvalue weighted by molar-refractivity contribution is 0.0722. The van der Waals surface area contributed by atoms with Gasteiger partial charge in [0.1, 0.15) is 5.75 Å². The highest BCUT2D eigenvalue weighted by Gasteiger charge is 2.19. The summed E-state index contributed by atoms with van der Waals surface area (Å²) in [5.41, 5.74) is 1.28. The lowest BCUT2D eigenvalue weighted by Gasteiger charge is -2.25. The predicted molar refractivity (Wildman–Crippen MR) is 111 cm³/mol. The Balaban J connectivity index is 2.31. The Morgan fingerprint density at radius 2 is 1.66 bits per heavy atom. The third-order valence-corrected chi connectivity index (χ3v) is 4.53.